The van der Waals surface area contributed by atoms with Crippen molar-refractivity contribution in [3.63, 3.8) is 0 Å². The maximum absolute atomic E-state index is 13.3. The summed E-state index contributed by atoms with van der Waals surface area (Å²) in [5.41, 5.74) is 1.44. The van der Waals surface area contributed by atoms with E-state index < -0.39 is 10.0 Å². The van der Waals surface area contributed by atoms with Gasteiger partial charge in [0.1, 0.15) is 0 Å². The van der Waals surface area contributed by atoms with Gasteiger partial charge >= 0.3 is 0 Å². The van der Waals surface area contributed by atoms with E-state index in [1.165, 1.54) is 24.1 Å². The van der Waals surface area contributed by atoms with Crippen LogP contribution in [-0.2, 0) is 16.6 Å². The first-order chi connectivity index (χ1) is 15.3. The summed E-state index contributed by atoms with van der Waals surface area (Å²) in [7, 11) is 2.41. The number of benzene rings is 3. The summed E-state index contributed by atoms with van der Waals surface area (Å²) in [4.78, 5) is 15.0. The van der Waals surface area contributed by atoms with Crippen LogP contribution in [0.15, 0.2) is 77.7 Å². The SMILES string of the molecule is COc1ccc(CN(C)C(=O)c2ccccc2N(C)S(=O)(=O)c2ccccc2)cc1OC. The highest BCUT2D eigenvalue weighted by Gasteiger charge is 2.26. The van der Waals surface area contributed by atoms with E-state index in [-0.39, 0.29) is 16.4 Å². The Morgan fingerprint density at radius 1 is 0.844 bits per heavy atom. The normalized spacial score (nSPS) is 11.0. The van der Waals surface area contributed by atoms with Crippen molar-refractivity contribution in [1.82, 2.24) is 4.90 Å². The molecule has 0 bridgehead atoms. The van der Waals surface area contributed by atoms with Gasteiger partial charge < -0.3 is 14.4 Å². The Balaban J connectivity index is 1.88. The number of methoxy groups -OCH3 is 2. The fourth-order valence-electron chi connectivity index (χ4n) is 3.34. The zero-order valence-electron chi connectivity index (χ0n) is 18.5. The highest BCUT2D eigenvalue weighted by Crippen LogP contribution is 2.29. The quantitative estimate of drug-likeness (QED) is 0.518. The summed E-state index contributed by atoms with van der Waals surface area (Å²) < 4.78 is 37.9. The number of hydrogen-bond acceptors (Lipinski definition) is 5. The summed E-state index contributed by atoms with van der Waals surface area (Å²) in [6.07, 6.45) is 0. The second kappa shape index (κ2) is 9.74. The van der Waals surface area contributed by atoms with Crippen molar-refractivity contribution in [3.05, 3.63) is 83.9 Å². The molecule has 0 unspecified atom stereocenters. The Morgan fingerprint density at radius 2 is 1.47 bits per heavy atom. The number of para-hydroxylation sites is 1. The molecule has 0 aliphatic carbocycles. The molecule has 0 N–H and O–H groups in total. The number of sulfonamides is 1. The molecule has 32 heavy (non-hydrogen) atoms. The predicted molar refractivity (Wildman–Crippen MR) is 124 cm³/mol. The summed E-state index contributed by atoms with van der Waals surface area (Å²) in [5.74, 6) is 0.869. The Hall–Kier alpha value is -3.52. The Morgan fingerprint density at radius 3 is 2.12 bits per heavy atom. The second-order valence-electron chi connectivity index (χ2n) is 7.15. The maximum atomic E-state index is 13.3. The molecule has 0 radical (unpaired) electrons. The molecule has 0 aromatic heterocycles. The van der Waals surface area contributed by atoms with Gasteiger partial charge in [-0.15, -0.1) is 0 Å². The smallest absolute Gasteiger partial charge is 0.264 e. The van der Waals surface area contributed by atoms with E-state index in [2.05, 4.69) is 0 Å². The zero-order valence-corrected chi connectivity index (χ0v) is 19.3. The predicted octanol–water partition coefficient (Wildman–Crippen LogP) is 3.80. The molecule has 0 aliphatic heterocycles. The highest BCUT2D eigenvalue weighted by atomic mass is 32.2. The number of hydrogen-bond donors (Lipinski definition) is 0. The van der Waals surface area contributed by atoms with E-state index in [0.29, 0.717) is 23.7 Å². The van der Waals surface area contributed by atoms with E-state index in [9.17, 15) is 13.2 Å². The van der Waals surface area contributed by atoms with Gasteiger partial charge in [0.25, 0.3) is 15.9 Å². The van der Waals surface area contributed by atoms with Crippen molar-refractivity contribution < 1.29 is 22.7 Å². The number of carbonyl (C=O) groups excluding carboxylic acids is 1. The first kappa shape index (κ1) is 23.1. The molecule has 7 nitrogen and oxygen atoms in total. The molecule has 8 heteroatoms. The van der Waals surface area contributed by atoms with Gasteiger partial charge in [0.05, 0.1) is 30.4 Å². The molecule has 0 atom stereocenters. The van der Waals surface area contributed by atoms with E-state index >= 15 is 0 Å². The molecule has 0 spiro atoms. The van der Waals surface area contributed by atoms with Crippen molar-refractivity contribution >= 4 is 21.6 Å². The van der Waals surface area contributed by atoms with Crippen molar-refractivity contribution in [1.29, 1.82) is 0 Å². The Kier molecular flexibility index (Phi) is 7.05. The number of rotatable bonds is 8. The monoisotopic (exact) mass is 454 g/mol. The lowest BCUT2D eigenvalue weighted by Crippen LogP contribution is -2.31. The van der Waals surface area contributed by atoms with Crippen molar-refractivity contribution in [3.8, 4) is 11.5 Å². The Bertz CT molecular complexity index is 1200. The topological polar surface area (TPSA) is 76.2 Å². The van der Waals surface area contributed by atoms with E-state index in [1.807, 2.05) is 6.07 Å². The fourth-order valence-corrected chi connectivity index (χ4v) is 4.57. The Labute approximate surface area is 188 Å². The molecular formula is C24H26N2O5S. The second-order valence-corrected chi connectivity index (χ2v) is 9.12. The summed E-state index contributed by atoms with van der Waals surface area (Å²) in [5, 5.41) is 0. The highest BCUT2D eigenvalue weighted by molar-refractivity contribution is 7.92. The van der Waals surface area contributed by atoms with Crippen LogP contribution in [0.1, 0.15) is 15.9 Å². The number of amides is 1. The molecule has 3 aromatic rings. The van der Waals surface area contributed by atoms with Gasteiger partial charge in [0.15, 0.2) is 11.5 Å². The van der Waals surface area contributed by atoms with E-state index in [1.54, 1.807) is 75.9 Å². The molecular weight excluding hydrogens is 428 g/mol. The molecule has 0 saturated heterocycles. The molecule has 1 amide bonds. The van der Waals surface area contributed by atoms with Gasteiger partial charge in [-0.1, -0.05) is 36.4 Å². The van der Waals surface area contributed by atoms with E-state index in [4.69, 9.17) is 9.47 Å². The molecule has 0 fully saturated rings. The number of ether oxygens (including phenoxy) is 2. The number of anilines is 1. The minimum Gasteiger partial charge on any atom is -0.493 e. The van der Waals surface area contributed by atoms with Gasteiger partial charge in [0, 0.05) is 20.6 Å². The van der Waals surface area contributed by atoms with Crippen LogP contribution in [0.3, 0.4) is 0 Å². The third kappa shape index (κ3) is 4.70. The fraction of sp³-hybridized carbons (Fsp3) is 0.208. The lowest BCUT2D eigenvalue weighted by atomic mass is 10.1. The first-order valence-electron chi connectivity index (χ1n) is 9.89. The van der Waals surface area contributed by atoms with Gasteiger partial charge in [-0.2, -0.15) is 0 Å². The molecule has 3 rings (SSSR count). The van der Waals surface area contributed by atoms with Crippen LogP contribution in [0.25, 0.3) is 0 Å². The number of carbonyl (C=O) groups is 1. The number of nitrogens with zero attached hydrogens (tertiary/aromatic N) is 2. The van der Waals surface area contributed by atoms with Crippen LogP contribution in [0.5, 0.6) is 11.5 Å². The van der Waals surface area contributed by atoms with Gasteiger partial charge in [-0.3, -0.25) is 9.10 Å². The summed E-state index contributed by atoms with van der Waals surface area (Å²) in [6, 6.07) is 20.2. The van der Waals surface area contributed by atoms with Gasteiger partial charge in [0.2, 0.25) is 0 Å². The molecule has 3 aromatic carbocycles. The van der Waals surface area contributed by atoms with Crippen molar-refractivity contribution in [2.45, 2.75) is 11.4 Å². The van der Waals surface area contributed by atoms with Crippen LogP contribution in [-0.4, -0.2) is 47.5 Å². The average Bonchev–Trinajstić information content (AvgIpc) is 2.83. The molecule has 0 saturated carbocycles. The minimum atomic E-state index is -3.82. The zero-order chi connectivity index (χ0) is 23.3. The summed E-state index contributed by atoms with van der Waals surface area (Å²) >= 11 is 0. The largest absolute Gasteiger partial charge is 0.493 e. The third-order valence-electron chi connectivity index (χ3n) is 5.09. The minimum absolute atomic E-state index is 0.156. The van der Waals surface area contributed by atoms with Crippen molar-refractivity contribution in [2.24, 2.45) is 0 Å². The summed E-state index contributed by atoms with van der Waals surface area (Å²) in [6.45, 7) is 0.308. The van der Waals surface area contributed by atoms with Crippen LogP contribution in [0.4, 0.5) is 5.69 Å². The third-order valence-corrected chi connectivity index (χ3v) is 6.88. The molecule has 168 valence electrons. The molecule has 0 aliphatic rings. The standard InChI is InChI=1S/C24H26N2O5S/c1-25(17-18-14-15-22(30-3)23(16-18)31-4)24(27)20-12-8-9-13-21(20)26(2)32(28,29)19-10-6-5-7-11-19/h5-16H,17H2,1-4H3. The van der Waals surface area contributed by atoms with E-state index in [0.717, 1.165) is 9.87 Å². The van der Waals surface area contributed by atoms with Gasteiger partial charge in [-0.25, -0.2) is 8.42 Å². The van der Waals surface area contributed by atoms with Crippen LogP contribution >= 0.6 is 0 Å². The maximum Gasteiger partial charge on any atom is 0.264 e. The molecule has 0 heterocycles. The van der Waals surface area contributed by atoms with Gasteiger partial charge in [-0.05, 0) is 42.0 Å². The lowest BCUT2D eigenvalue weighted by Gasteiger charge is -2.24. The average molecular weight is 455 g/mol. The van der Waals surface area contributed by atoms with Crippen LogP contribution in [0.2, 0.25) is 0 Å². The van der Waals surface area contributed by atoms with Crippen molar-refractivity contribution in [2.75, 3.05) is 32.6 Å². The first-order valence-corrected chi connectivity index (χ1v) is 11.3. The van der Waals surface area contributed by atoms with Crippen LogP contribution < -0.4 is 13.8 Å². The lowest BCUT2D eigenvalue weighted by molar-refractivity contribution is 0.0786. The van der Waals surface area contributed by atoms with Crippen LogP contribution in [0, 0.1) is 0 Å².